The molecule has 0 saturated carbocycles. The van der Waals surface area contributed by atoms with Crippen molar-refractivity contribution in [1.29, 1.82) is 0 Å². The summed E-state index contributed by atoms with van der Waals surface area (Å²) in [5.74, 6) is 0.582. The molecule has 0 fully saturated rings. The predicted octanol–water partition coefficient (Wildman–Crippen LogP) is 5.46. The van der Waals surface area contributed by atoms with Crippen LogP contribution in [-0.2, 0) is 12.8 Å². The summed E-state index contributed by atoms with van der Waals surface area (Å²) >= 11 is 7.83. The van der Waals surface area contributed by atoms with Crippen molar-refractivity contribution in [3.63, 3.8) is 0 Å². The number of aryl methyl sites for hydroxylation is 3. The van der Waals surface area contributed by atoms with Crippen LogP contribution in [-0.4, -0.2) is 27.6 Å². The summed E-state index contributed by atoms with van der Waals surface area (Å²) in [5.41, 5.74) is 3.19. The molecule has 1 N–H and O–H groups in total. The lowest BCUT2D eigenvalue weighted by molar-refractivity contribution is 0.102. The summed E-state index contributed by atoms with van der Waals surface area (Å²) in [6.45, 7) is 1.85. The fourth-order valence-corrected chi connectivity index (χ4v) is 5.42. The number of hydrogen-bond donors (Lipinski definition) is 1. The molecule has 0 spiro atoms. The monoisotopic (exact) mass is 506 g/mol. The normalized spacial score (nSPS) is 12.8. The van der Waals surface area contributed by atoms with Gasteiger partial charge in [-0.1, -0.05) is 11.6 Å². The Morgan fingerprint density at radius 3 is 2.74 bits per heavy atom. The molecule has 0 radical (unpaired) electrons. The summed E-state index contributed by atoms with van der Waals surface area (Å²) in [6.07, 6.45) is 7.33. The van der Waals surface area contributed by atoms with Gasteiger partial charge in [-0.3, -0.25) is 19.5 Å². The van der Waals surface area contributed by atoms with E-state index in [0.29, 0.717) is 38.4 Å². The number of benzene rings is 1. The largest absolute Gasteiger partial charge is 0.496 e. The van der Waals surface area contributed by atoms with Gasteiger partial charge in [-0.25, -0.2) is 9.97 Å². The van der Waals surface area contributed by atoms with E-state index in [2.05, 4.69) is 15.3 Å². The summed E-state index contributed by atoms with van der Waals surface area (Å²) in [7, 11) is 1.55. The maximum atomic E-state index is 13.4. The summed E-state index contributed by atoms with van der Waals surface area (Å²) in [6, 6.07) is 10.3. The molecule has 1 amide bonds. The lowest BCUT2D eigenvalue weighted by atomic mass is 9.99. The Bertz CT molecular complexity index is 1470. The summed E-state index contributed by atoms with van der Waals surface area (Å²) < 4.78 is 6.99. The van der Waals surface area contributed by atoms with Gasteiger partial charge in [0.15, 0.2) is 5.13 Å². The molecule has 0 aliphatic heterocycles. The minimum atomic E-state index is -0.344. The molecule has 3 aromatic heterocycles. The molecule has 1 aliphatic rings. The minimum absolute atomic E-state index is 0.216. The third-order valence-electron chi connectivity index (χ3n) is 5.97. The highest BCUT2D eigenvalue weighted by Crippen LogP contribution is 2.36. The quantitative estimate of drug-likeness (QED) is 0.388. The van der Waals surface area contributed by atoms with E-state index in [4.69, 9.17) is 16.3 Å². The predicted molar refractivity (Wildman–Crippen MR) is 138 cm³/mol. The number of carbonyl (C=O) groups excluding carboxylic acids is 1. The molecule has 3 heterocycles. The van der Waals surface area contributed by atoms with Gasteiger partial charge in [-0.2, -0.15) is 0 Å². The highest BCUT2D eigenvalue weighted by Gasteiger charge is 2.21. The number of nitrogens with zero attached hydrogens (tertiary/aromatic N) is 3. The second kappa shape index (κ2) is 9.64. The number of aromatic nitrogens is 3. The topological polar surface area (TPSA) is 86.1 Å². The number of anilines is 1. The van der Waals surface area contributed by atoms with E-state index in [1.165, 1.54) is 33.0 Å². The highest BCUT2D eigenvalue weighted by molar-refractivity contribution is 7.15. The van der Waals surface area contributed by atoms with Crippen molar-refractivity contribution in [3.05, 3.63) is 85.9 Å². The molecule has 0 unspecified atom stereocenters. The average molecular weight is 507 g/mol. The second-order valence-electron chi connectivity index (χ2n) is 8.40. The fraction of sp³-hybridized carbons (Fsp3) is 0.231. The molecule has 178 valence electrons. The number of fused-ring (bicyclic) bond motifs is 1. The number of rotatable bonds is 5. The van der Waals surface area contributed by atoms with Crippen molar-refractivity contribution in [2.24, 2.45) is 0 Å². The number of nitrogens with one attached hydrogen (secondary N) is 1. The smallest absolute Gasteiger partial charge is 0.259 e. The molecule has 7 nitrogen and oxygen atoms in total. The van der Waals surface area contributed by atoms with Crippen LogP contribution >= 0.6 is 22.9 Å². The standard InChI is InChI=1S/C26H23ClN4O3S/c1-15-9-10-31(24(32)11-15)23-13-17(18-12-16(27)7-8-21(18)34-2)19(14-28-23)25(33)30-26-29-20-5-3-4-6-22(20)35-26/h7-14H,3-6H2,1-2H3,(H,29,30,33). The zero-order valence-electron chi connectivity index (χ0n) is 19.3. The van der Waals surface area contributed by atoms with Crippen LogP contribution in [0.1, 0.15) is 39.3 Å². The Kier molecular flexibility index (Phi) is 6.40. The molecule has 0 atom stereocenters. The number of methoxy groups -OCH3 is 1. The van der Waals surface area contributed by atoms with Crippen molar-refractivity contribution in [2.45, 2.75) is 32.6 Å². The lowest BCUT2D eigenvalue weighted by Gasteiger charge is -2.15. The van der Waals surface area contributed by atoms with Crippen LogP contribution in [0.25, 0.3) is 16.9 Å². The maximum Gasteiger partial charge on any atom is 0.259 e. The number of hydrogen-bond acceptors (Lipinski definition) is 6. The number of halogens is 1. The Labute approximate surface area is 211 Å². The second-order valence-corrected chi connectivity index (χ2v) is 9.92. The first kappa shape index (κ1) is 23.3. The Hall–Kier alpha value is -3.49. The minimum Gasteiger partial charge on any atom is -0.496 e. The first-order chi connectivity index (χ1) is 16.9. The molecular weight excluding hydrogens is 484 g/mol. The molecule has 0 bridgehead atoms. The van der Waals surface area contributed by atoms with Crippen LogP contribution in [0.2, 0.25) is 5.02 Å². The highest BCUT2D eigenvalue weighted by atomic mass is 35.5. The van der Waals surface area contributed by atoms with Crippen LogP contribution in [0.3, 0.4) is 0 Å². The fourth-order valence-electron chi connectivity index (χ4n) is 4.21. The van der Waals surface area contributed by atoms with Crippen molar-refractivity contribution in [2.75, 3.05) is 12.4 Å². The summed E-state index contributed by atoms with van der Waals surface area (Å²) in [5, 5.41) is 4.01. The van der Waals surface area contributed by atoms with Gasteiger partial charge >= 0.3 is 0 Å². The van der Waals surface area contributed by atoms with E-state index in [1.54, 1.807) is 37.6 Å². The van der Waals surface area contributed by atoms with Crippen molar-refractivity contribution >= 4 is 34.0 Å². The van der Waals surface area contributed by atoms with E-state index >= 15 is 0 Å². The van der Waals surface area contributed by atoms with Gasteiger partial charge in [0.1, 0.15) is 11.6 Å². The van der Waals surface area contributed by atoms with Crippen molar-refractivity contribution in [3.8, 4) is 22.7 Å². The van der Waals surface area contributed by atoms with Gasteiger partial charge in [-0.15, -0.1) is 11.3 Å². The number of ether oxygens (including phenoxy) is 1. The number of carbonyl (C=O) groups is 1. The van der Waals surface area contributed by atoms with Crippen molar-refractivity contribution < 1.29 is 9.53 Å². The molecule has 1 aromatic carbocycles. The van der Waals surface area contributed by atoms with E-state index in [0.717, 1.165) is 36.9 Å². The van der Waals surface area contributed by atoms with Gasteiger partial charge in [0, 0.05) is 39.5 Å². The van der Waals surface area contributed by atoms with Crippen LogP contribution in [0.5, 0.6) is 5.75 Å². The van der Waals surface area contributed by atoms with Crippen LogP contribution in [0.15, 0.2) is 53.6 Å². The Morgan fingerprint density at radius 2 is 1.97 bits per heavy atom. The molecule has 1 aliphatic carbocycles. The number of amides is 1. The third-order valence-corrected chi connectivity index (χ3v) is 7.28. The number of thiazole rings is 1. The summed E-state index contributed by atoms with van der Waals surface area (Å²) in [4.78, 5) is 36.4. The maximum absolute atomic E-state index is 13.4. The van der Waals surface area contributed by atoms with E-state index in [-0.39, 0.29) is 11.5 Å². The lowest BCUT2D eigenvalue weighted by Crippen LogP contribution is -2.19. The van der Waals surface area contributed by atoms with Crippen LogP contribution in [0.4, 0.5) is 5.13 Å². The Morgan fingerprint density at radius 1 is 1.14 bits per heavy atom. The molecular formula is C26H23ClN4O3S. The Balaban J connectivity index is 1.61. The van der Waals surface area contributed by atoms with E-state index < -0.39 is 0 Å². The van der Waals surface area contributed by atoms with E-state index in [9.17, 15) is 9.59 Å². The van der Waals surface area contributed by atoms with Gasteiger partial charge in [0.05, 0.1) is 18.4 Å². The molecule has 0 saturated heterocycles. The first-order valence-corrected chi connectivity index (χ1v) is 12.5. The van der Waals surface area contributed by atoms with E-state index in [1.807, 2.05) is 13.0 Å². The van der Waals surface area contributed by atoms with Crippen LogP contribution < -0.4 is 15.6 Å². The average Bonchev–Trinajstić information content (AvgIpc) is 3.26. The SMILES string of the molecule is COc1ccc(Cl)cc1-c1cc(-n2ccc(C)cc2=O)ncc1C(=O)Nc1nc2c(s1)CCCC2. The van der Waals surface area contributed by atoms with Gasteiger partial charge < -0.3 is 4.74 Å². The van der Waals surface area contributed by atoms with Gasteiger partial charge in [0.25, 0.3) is 11.5 Å². The first-order valence-electron chi connectivity index (χ1n) is 11.3. The van der Waals surface area contributed by atoms with Crippen molar-refractivity contribution in [1.82, 2.24) is 14.5 Å². The molecule has 4 aromatic rings. The third kappa shape index (κ3) is 4.72. The molecule has 5 rings (SSSR count). The molecule has 9 heteroatoms. The zero-order valence-corrected chi connectivity index (χ0v) is 20.9. The van der Waals surface area contributed by atoms with Crippen LogP contribution in [0, 0.1) is 6.92 Å². The van der Waals surface area contributed by atoms with Gasteiger partial charge in [0.2, 0.25) is 0 Å². The van der Waals surface area contributed by atoms with Gasteiger partial charge in [-0.05, 0) is 68.5 Å². The number of pyridine rings is 2. The molecule has 35 heavy (non-hydrogen) atoms. The zero-order chi connectivity index (χ0) is 24.5.